The van der Waals surface area contributed by atoms with Crippen LogP contribution in [0.5, 0.6) is 0 Å². The van der Waals surface area contributed by atoms with Crippen molar-refractivity contribution >= 4 is 40.0 Å². The van der Waals surface area contributed by atoms with Gasteiger partial charge in [0.1, 0.15) is 5.82 Å². The molecular weight excluding hydrogens is 557 g/mol. The number of halogens is 2. The molecule has 1 aliphatic carbocycles. The van der Waals surface area contributed by atoms with E-state index < -0.39 is 0 Å². The van der Waals surface area contributed by atoms with E-state index in [4.69, 9.17) is 33.0 Å². The number of para-hydroxylation sites is 1. The van der Waals surface area contributed by atoms with Crippen molar-refractivity contribution in [3.05, 3.63) is 105 Å². The summed E-state index contributed by atoms with van der Waals surface area (Å²) in [5.74, 6) is 1.50. The third-order valence-corrected chi connectivity index (χ3v) is 8.67. The average molecular weight is 591 g/mol. The van der Waals surface area contributed by atoms with E-state index in [2.05, 4.69) is 50.3 Å². The molecule has 212 valence electrons. The van der Waals surface area contributed by atoms with Gasteiger partial charge < -0.3 is 19.6 Å². The van der Waals surface area contributed by atoms with Gasteiger partial charge in [-0.05, 0) is 60.6 Å². The number of H-pyrrole nitrogens is 1. The molecule has 0 radical (unpaired) electrons. The predicted molar refractivity (Wildman–Crippen MR) is 162 cm³/mol. The predicted octanol–water partition coefficient (Wildman–Crippen LogP) is 6.76. The summed E-state index contributed by atoms with van der Waals surface area (Å²) in [6.07, 6.45) is 13.4. The molecule has 2 N–H and O–H groups in total. The normalized spacial score (nSPS) is 16.6. The van der Waals surface area contributed by atoms with Gasteiger partial charge in [-0.1, -0.05) is 65.7 Å². The first-order valence-corrected chi connectivity index (χ1v) is 15.0. The van der Waals surface area contributed by atoms with Gasteiger partial charge in [0, 0.05) is 49.1 Å². The van der Waals surface area contributed by atoms with Gasteiger partial charge in [-0.15, -0.1) is 10.2 Å². The van der Waals surface area contributed by atoms with Crippen molar-refractivity contribution in [2.45, 2.75) is 51.1 Å². The zero-order valence-electron chi connectivity index (χ0n) is 22.8. The number of ether oxygens (including phenoxy) is 1. The maximum atomic E-state index is 13.6. The Morgan fingerprint density at radius 3 is 2.76 bits per heavy atom. The van der Waals surface area contributed by atoms with Crippen molar-refractivity contribution in [1.29, 1.82) is 0 Å². The first-order chi connectivity index (χ1) is 20.0. The smallest absolute Gasteiger partial charge is 0.223 e. The molecule has 6 rings (SSSR count). The number of hydrogen-bond donors (Lipinski definition) is 2. The Labute approximate surface area is 249 Å². The fraction of sp³-hybridized carbons (Fsp3) is 0.344. The molecule has 0 bridgehead atoms. The Kier molecular flexibility index (Phi) is 8.56. The minimum absolute atomic E-state index is 0.0294. The second-order valence-corrected chi connectivity index (χ2v) is 11.6. The van der Waals surface area contributed by atoms with Gasteiger partial charge >= 0.3 is 0 Å². The number of allylic oxidation sites excluding steroid dienone is 4. The highest BCUT2D eigenvalue weighted by molar-refractivity contribution is 6.42. The van der Waals surface area contributed by atoms with Crippen LogP contribution in [0.25, 0.3) is 10.9 Å². The molecule has 2 aromatic heterocycles. The van der Waals surface area contributed by atoms with E-state index in [0.29, 0.717) is 55.5 Å². The third kappa shape index (κ3) is 6.43. The molecule has 1 aliphatic heterocycles. The largest absolute Gasteiger partial charge is 0.381 e. The monoisotopic (exact) mass is 589 g/mol. The van der Waals surface area contributed by atoms with Crippen molar-refractivity contribution in [2.75, 3.05) is 13.2 Å². The molecule has 1 amide bonds. The van der Waals surface area contributed by atoms with Crippen LogP contribution in [0.2, 0.25) is 10.0 Å². The summed E-state index contributed by atoms with van der Waals surface area (Å²) in [6.45, 7) is 1.71. The lowest BCUT2D eigenvalue weighted by atomic mass is 9.97. The molecule has 2 aromatic carbocycles. The number of aromatic nitrogens is 4. The fourth-order valence-electron chi connectivity index (χ4n) is 5.69. The van der Waals surface area contributed by atoms with Gasteiger partial charge in [0.25, 0.3) is 0 Å². The molecule has 1 fully saturated rings. The van der Waals surface area contributed by atoms with Crippen LogP contribution in [0, 0.1) is 5.92 Å². The van der Waals surface area contributed by atoms with E-state index in [1.54, 1.807) is 0 Å². The molecule has 1 atom stereocenters. The summed E-state index contributed by atoms with van der Waals surface area (Å²) in [6, 6.07) is 13.5. The maximum Gasteiger partial charge on any atom is 0.223 e. The number of amides is 1. The molecular formula is C32H33Cl2N5O2. The molecule has 3 heterocycles. The van der Waals surface area contributed by atoms with Gasteiger partial charge in [0.05, 0.1) is 22.6 Å². The molecule has 2 aliphatic rings. The lowest BCUT2D eigenvalue weighted by Crippen LogP contribution is -2.38. The van der Waals surface area contributed by atoms with Crippen LogP contribution in [-0.2, 0) is 28.9 Å². The summed E-state index contributed by atoms with van der Waals surface area (Å²) in [4.78, 5) is 16.9. The summed E-state index contributed by atoms with van der Waals surface area (Å²) >= 11 is 12.6. The number of nitrogens with one attached hydrogen (secondary N) is 2. The third-order valence-electron chi connectivity index (χ3n) is 7.93. The number of fused-ring (bicyclic) bond motifs is 1. The van der Waals surface area contributed by atoms with E-state index in [9.17, 15) is 4.79 Å². The van der Waals surface area contributed by atoms with Crippen molar-refractivity contribution in [2.24, 2.45) is 5.92 Å². The van der Waals surface area contributed by atoms with E-state index in [1.807, 2.05) is 36.5 Å². The van der Waals surface area contributed by atoms with Crippen molar-refractivity contribution < 1.29 is 9.53 Å². The fourth-order valence-corrected chi connectivity index (χ4v) is 6.01. The van der Waals surface area contributed by atoms with Gasteiger partial charge in [-0.25, -0.2) is 0 Å². The molecule has 4 aromatic rings. The molecule has 7 nitrogen and oxygen atoms in total. The summed E-state index contributed by atoms with van der Waals surface area (Å²) < 4.78 is 7.64. The minimum Gasteiger partial charge on any atom is -0.381 e. The number of carbonyl (C=O) groups is 1. The summed E-state index contributed by atoms with van der Waals surface area (Å²) in [5, 5.41) is 14.9. The van der Waals surface area contributed by atoms with Crippen LogP contribution in [0.1, 0.15) is 54.5 Å². The second kappa shape index (κ2) is 12.6. The van der Waals surface area contributed by atoms with Crippen molar-refractivity contribution in [1.82, 2.24) is 25.1 Å². The molecule has 0 saturated carbocycles. The zero-order chi connectivity index (χ0) is 28.2. The quantitative estimate of drug-likeness (QED) is 0.226. The average Bonchev–Trinajstić information content (AvgIpc) is 3.59. The SMILES string of the molecule is O=C(N[C@H](Cc1c[nH]c2ccccc12)c1nnc(CC2=CCCC=C2)n1Cc1ccc(Cl)c(Cl)c1)C1CCOCC1. The van der Waals surface area contributed by atoms with Crippen LogP contribution in [-0.4, -0.2) is 38.9 Å². The van der Waals surface area contributed by atoms with Crippen LogP contribution in [0.3, 0.4) is 0 Å². The maximum absolute atomic E-state index is 13.6. The summed E-state index contributed by atoms with van der Waals surface area (Å²) in [5.41, 5.74) is 4.37. The van der Waals surface area contributed by atoms with Gasteiger partial charge in [-0.2, -0.15) is 0 Å². The zero-order valence-corrected chi connectivity index (χ0v) is 24.3. The number of nitrogens with zero attached hydrogens (tertiary/aromatic N) is 3. The highest BCUT2D eigenvalue weighted by Crippen LogP contribution is 2.28. The lowest BCUT2D eigenvalue weighted by Gasteiger charge is -2.25. The lowest BCUT2D eigenvalue weighted by molar-refractivity contribution is -0.128. The Morgan fingerprint density at radius 1 is 1.10 bits per heavy atom. The van der Waals surface area contributed by atoms with Gasteiger partial charge in [0.15, 0.2) is 5.82 Å². The second-order valence-electron chi connectivity index (χ2n) is 10.8. The summed E-state index contributed by atoms with van der Waals surface area (Å²) in [7, 11) is 0. The number of carbonyl (C=O) groups excluding carboxylic acids is 1. The van der Waals surface area contributed by atoms with Crippen LogP contribution in [0.4, 0.5) is 0 Å². The van der Waals surface area contributed by atoms with E-state index in [1.165, 1.54) is 5.57 Å². The number of benzene rings is 2. The van der Waals surface area contributed by atoms with Crippen LogP contribution >= 0.6 is 23.2 Å². The van der Waals surface area contributed by atoms with E-state index in [0.717, 1.165) is 46.5 Å². The molecule has 0 spiro atoms. The van der Waals surface area contributed by atoms with Crippen LogP contribution in [0.15, 0.2) is 72.5 Å². The molecule has 41 heavy (non-hydrogen) atoms. The molecule has 9 heteroatoms. The first kappa shape index (κ1) is 27.8. The van der Waals surface area contributed by atoms with Crippen LogP contribution < -0.4 is 5.32 Å². The number of aromatic amines is 1. The van der Waals surface area contributed by atoms with E-state index in [-0.39, 0.29) is 17.9 Å². The Morgan fingerprint density at radius 2 is 1.95 bits per heavy atom. The molecule has 0 unspecified atom stereocenters. The standard InChI is InChI=1S/C32H33Cl2N5O2/c33-26-11-10-22(16-27(26)34)20-39-30(17-21-6-2-1-3-7-21)37-38-31(39)29(36-32(40)23-12-14-41-15-13-23)18-24-19-35-28-9-5-4-8-25(24)28/h2,4-11,16,19,23,29,35H,1,3,12-15,17-18,20H2,(H,36,40)/t29-/m1/s1. The number of rotatable bonds is 9. The van der Waals surface area contributed by atoms with Gasteiger partial charge in [0.2, 0.25) is 5.91 Å². The highest BCUT2D eigenvalue weighted by atomic mass is 35.5. The van der Waals surface area contributed by atoms with Crippen molar-refractivity contribution in [3.8, 4) is 0 Å². The Hall–Kier alpha value is -3.39. The number of hydrogen-bond acceptors (Lipinski definition) is 4. The van der Waals surface area contributed by atoms with E-state index >= 15 is 0 Å². The van der Waals surface area contributed by atoms with Gasteiger partial charge in [-0.3, -0.25) is 4.79 Å². The topological polar surface area (TPSA) is 84.8 Å². The van der Waals surface area contributed by atoms with Crippen molar-refractivity contribution in [3.63, 3.8) is 0 Å². The highest BCUT2D eigenvalue weighted by Gasteiger charge is 2.29. The Balaban J connectivity index is 1.39. The first-order valence-electron chi connectivity index (χ1n) is 14.2. The molecule has 1 saturated heterocycles. The minimum atomic E-state index is -0.385. The Bertz CT molecular complexity index is 1600.